The van der Waals surface area contributed by atoms with Crippen LogP contribution in [0, 0.1) is 0 Å². The van der Waals surface area contributed by atoms with E-state index in [-0.39, 0.29) is 25.0 Å². The molecule has 0 aliphatic carbocycles. The van der Waals surface area contributed by atoms with E-state index in [1.165, 1.54) is 5.56 Å². The quantitative estimate of drug-likeness (QED) is 0.503. The third kappa shape index (κ3) is 17.2. The molecule has 1 rings (SSSR count). The molecule has 0 amide bonds. The number of benzene rings is 1. The number of hydrogen-bond acceptors (Lipinski definition) is 5. The monoisotopic (exact) mass is 384 g/mol. The highest BCUT2D eigenvalue weighted by molar-refractivity contribution is 5.67. The predicted molar refractivity (Wildman–Crippen MR) is 102 cm³/mol. The van der Waals surface area contributed by atoms with Crippen molar-refractivity contribution in [3.05, 3.63) is 35.9 Å². The average Bonchev–Trinajstić information content (AvgIpc) is 2.63. The Morgan fingerprint density at radius 2 is 1.41 bits per heavy atom. The van der Waals surface area contributed by atoms with E-state index in [1.54, 1.807) is 7.11 Å². The standard InChI is InChI=1S/C14H22O3.C6H10O4/c1-12(9-15-3)16-10-13(2)17-11-14-7-5-4-6-8-14;7-5(8)3-1-2-4-6(9)10/h4-8,12-13H,9-11H2,1-3H3;1-4H2,(H,7,8)(H,9,10). The van der Waals surface area contributed by atoms with Gasteiger partial charge in [-0.3, -0.25) is 9.59 Å². The van der Waals surface area contributed by atoms with Crippen LogP contribution < -0.4 is 0 Å². The Bertz CT molecular complexity index is 488. The van der Waals surface area contributed by atoms with Gasteiger partial charge in [0.15, 0.2) is 0 Å². The highest BCUT2D eigenvalue weighted by Gasteiger charge is 2.06. The van der Waals surface area contributed by atoms with Gasteiger partial charge < -0.3 is 24.4 Å². The first-order chi connectivity index (χ1) is 12.8. The van der Waals surface area contributed by atoms with Crippen LogP contribution in [-0.2, 0) is 30.4 Å². The molecule has 0 radical (unpaired) electrons. The number of carboxylic acids is 2. The van der Waals surface area contributed by atoms with Gasteiger partial charge in [-0.2, -0.15) is 0 Å². The Labute approximate surface area is 161 Å². The zero-order valence-electron chi connectivity index (χ0n) is 16.4. The smallest absolute Gasteiger partial charge is 0.303 e. The summed E-state index contributed by atoms with van der Waals surface area (Å²) in [6.45, 7) is 5.85. The lowest BCUT2D eigenvalue weighted by Gasteiger charge is -2.17. The van der Waals surface area contributed by atoms with Crippen LogP contribution in [0.2, 0.25) is 0 Å². The Balaban J connectivity index is 0.000000580. The number of methoxy groups -OCH3 is 1. The second-order valence-electron chi connectivity index (χ2n) is 6.20. The zero-order chi connectivity index (χ0) is 20.5. The maximum Gasteiger partial charge on any atom is 0.303 e. The van der Waals surface area contributed by atoms with Gasteiger partial charge in [-0.25, -0.2) is 0 Å². The van der Waals surface area contributed by atoms with Crippen LogP contribution in [0.3, 0.4) is 0 Å². The van der Waals surface area contributed by atoms with E-state index in [9.17, 15) is 9.59 Å². The van der Waals surface area contributed by atoms with Gasteiger partial charge in [-0.1, -0.05) is 30.3 Å². The number of ether oxygens (including phenoxy) is 3. The van der Waals surface area contributed by atoms with E-state index in [1.807, 2.05) is 32.0 Å². The Hall–Kier alpha value is -1.96. The molecule has 2 unspecified atom stereocenters. The lowest BCUT2D eigenvalue weighted by atomic mass is 10.2. The number of carboxylic acid groups (broad SMARTS) is 2. The fraction of sp³-hybridized carbons (Fsp3) is 0.600. The molecule has 0 bridgehead atoms. The van der Waals surface area contributed by atoms with E-state index in [2.05, 4.69) is 12.1 Å². The van der Waals surface area contributed by atoms with E-state index >= 15 is 0 Å². The van der Waals surface area contributed by atoms with Gasteiger partial charge in [-0.15, -0.1) is 0 Å². The minimum absolute atomic E-state index is 0.0628. The Morgan fingerprint density at radius 3 is 1.89 bits per heavy atom. The molecule has 0 aromatic heterocycles. The van der Waals surface area contributed by atoms with Crippen molar-refractivity contribution in [1.29, 1.82) is 0 Å². The van der Waals surface area contributed by atoms with Crippen molar-refractivity contribution in [3.63, 3.8) is 0 Å². The molecular formula is C20H32O7. The second kappa shape index (κ2) is 16.2. The molecule has 2 N–H and O–H groups in total. The van der Waals surface area contributed by atoms with E-state index < -0.39 is 11.9 Å². The van der Waals surface area contributed by atoms with Crippen LogP contribution in [0.15, 0.2) is 30.3 Å². The van der Waals surface area contributed by atoms with E-state index in [4.69, 9.17) is 24.4 Å². The first kappa shape index (κ1) is 25.0. The minimum Gasteiger partial charge on any atom is -0.481 e. The molecule has 154 valence electrons. The Kier molecular flexibility index (Phi) is 15.1. The molecule has 0 saturated carbocycles. The molecule has 2 atom stereocenters. The van der Waals surface area contributed by atoms with Crippen molar-refractivity contribution in [2.75, 3.05) is 20.3 Å². The van der Waals surface area contributed by atoms with Crippen molar-refractivity contribution < 1.29 is 34.0 Å². The van der Waals surface area contributed by atoms with Gasteiger partial charge in [0.1, 0.15) is 0 Å². The molecule has 27 heavy (non-hydrogen) atoms. The predicted octanol–water partition coefficient (Wildman–Crippen LogP) is 3.36. The molecule has 7 heteroatoms. The summed E-state index contributed by atoms with van der Waals surface area (Å²) in [4.78, 5) is 19.8. The minimum atomic E-state index is -0.870. The van der Waals surface area contributed by atoms with Gasteiger partial charge in [0.25, 0.3) is 0 Å². The third-order valence-electron chi connectivity index (χ3n) is 3.43. The van der Waals surface area contributed by atoms with Crippen molar-refractivity contribution in [3.8, 4) is 0 Å². The van der Waals surface area contributed by atoms with Crippen LogP contribution in [0.1, 0.15) is 45.1 Å². The van der Waals surface area contributed by atoms with Crippen LogP contribution in [0.4, 0.5) is 0 Å². The maximum atomic E-state index is 9.90. The van der Waals surface area contributed by atoms with Crippen LogP contribution in [0.25, 0.3) is 0 Å². The van der Waals surface area contributed by atoms with E-state index in [0.717, 1.165) is 0 Å². The number of aliphatic carboxylic acids is 2. The largest absolute Gasteiger partial charge is 0.481 e. The molecule has 1 aromatic carbocycles. The maximum absolute atomic E-state index is 9.90. The fourth-order valence-corrected chi connectivity index (χ4v) is 2.00. The number of carbonyl (C=O) groups is 2. The van der Waals surface area contributed by atoms with Gasteiger partial charge in [0.2, 0.25) is 0 Å². The van der Waals surface area contributed by atoms with Crippen LogP contribution in [-0.4, -0.2) is 54.7 Å². The third-order valence-corrected chi connectivity index (χ3v) is 3.43. The Morgan fingerprint density at radius 1 is 0.889 bits per heavy atom. The first-order valence-electron chi connectivity index (χ1n) is 9.04. The van der Waals surface area contributed by atoms with Gasteiger partial charge in [0, 0.05) is 20.0 Å². The molecule has 1 aromatic rings. The van der Waals surface area contributed by atoms with Crippen molar-refractivity contribution in [2.45, 2.75) is 58.3 Å². The normalized spacial score (nSPS) is 12.6. The van der Waals surface area contributed by atoms with Crippen molar-refractivity contribution >= 4 is 11.9 Å². The summed E-state index contributed by atoms with van der Waals surface area (Å²) in [5, 5.41) is 16.3. The highest BCUT2D eigenvalue weighted by Crippen LogP contribution is 2.04. The van der Waals surface area contributed by atoms with Crippen molar-refractivity contribution in [2.24, 2.45) is 0 Å². The SMILES string of the molecule is COCC(C)OCC(C)OCc1ccccc1.O=C(O)CCCCC(=O)O. The number of rotatable bonds is 13. The molecule has 0 saturated heterocycles. The lowest BCUT2D eigenvalue weighted by molar-refractivity contribution is -0.139. The summed E-state index contributed by atoms with van der Waals surface area (Å²) in [5.74, 6) is -1.74. The molecule has 0 heterocycles. The molecule has 0 fully saturated rings. The topological polar surface area (TPSA) is 102 Å². The molecule has 0 spiro atoms. The summed E-state index contributed by atoms with van der Waals surface area (Å²) in [6.07, 6.45) is 1.22. The summed E-state index contributed by atoms with van der Waals surface area (Å²) in [6, 6.07) is 10.1. The molecule has 7 nitrogen and oxygen atoms in total. The van der Waals surface area contributed by atoms with Crippen LogP contribution in [0.5, 0.6) is 0 Å². The summed E-state index contributed by atoms with van der Waals surface area (Å²) in [7, 11) is 1.68. The van der Waals surface area contributed by atoms with E-state index in [0.29, 0.717) is 32.7 Å². The molecule has 0 aliphatic rings. The second-order valence-corrected chi connectivity index (χ2v) is 6.20. The number of hydrogen-bond donors (Lipinski definition) is 2. The number of unbranched alkanes of at least 4 members (excludes halogenated alkanes) is 1. The molecule has 0 aliphatic heterocycles. The average molecular weight is 384 g/mol. The van der Waals surface area contributed by atoms with Gasteiger partial charge in [-0.05, 0) is 32.3 Å². The van der Waals surface area contributed by atoms with Gasteiger partial charge >= 0.3 is 11.9 Å². The fourth-order valence-electron chi connectivity index (χ4n) is 2.00. The van der Waals surface area contributed by atoms with Crippen molar-refractivity contribution in [1.82, 2.24) is 0 Å². The lowest BCUT2D eigenvalue weighted by Crippen LogP contribution is -2.22. The zero-order valence-corrected chi connectivity index (χ0v) is 16.4. The first-order valence-corrected chi connectivity index (χ1v) is 9.04. The summed E-state index contributed by atoms with van der Waals surface area (Å²) < 4.78 is 16.3. The highest BCUT2D eigenvalue weighted by atomic mass is 16.6. The van der Waals surface area contributed by atoms with Gasteiger partial charge in [0.05, 0.1) is 32.0 Å². The summed E-state index contributed by atoms with van der Waals surface area (Å²) >= 11 is 0. The summed E-state index contributed by atoms with van der Waals surface area (Å²) in [5.41, 5.74) is 1.18. The van der Waals surface area contributed by atoms with Crippen LogP contribution >= 0.6 is 0 Å². The molecular weight excluding hydrogens is 352 g/mol.